The van der Waals surface area contributed by atoms with Crippen molar-refractivity contribution in [3.8, 4) is 11.5 Å². The van der Waals surface area contributed by atoms with E-state index in [4.69, 9.17) is 25.8 Å². The molecule has 0 unspecified atom stereocenters. The summed E-state index contributed by atoms with van der Waals surface area (Å²) in [5, 5.41) is 4.35. The number of hydrogen-bond donors (Lipinski definition) is 0. The van der Waals surface area contributed by atoms with Gasteiger partial charge in [-0.05, 0) is 25.5 Å². The largest absolute Gasteiger partial charge is 0.490 e. The summed E-state index contributed by atoms with van der Waals surface area (Å²) in [5.41, 5.74) is 1.13. The van der Waals surface area contributed by atoms with Crippen LogP contribution in [0, 0.1) is 0 Å². The Bertz CT molecular complexity index is 700. The van der Waals surface area contributed by atoms with Crippen molar-refractivity contribution < 1.29 is 19.0 Å². The third-order valence-electron chi connectivity index (χ3n) is 3.12. The number of carbonyl (C=O) groups is 1. The molecule has 0 saturated heterocycles. The zero-order valence-electron chi connectivity index (χ0n) is 14.0. The molecule has 7 heteroatoms. The fraction of sp³-hybridized carbons (Fsp3) is 0.412. The predicted molar refractivity (Wildman–Crippen MR) is 90.7 cm³/mol. The third kappa shape index (κ3) is 4.64. The van der Waals surface area contributed by atoms with Gasteiger partial charge in [-0.1, -0.05) is 18.5 Å². The number of benzene rings is 1. The molecule has 1 aromatic carbocycles. The number of hydrogen-bond acceptors (Lipinski definition) is 5. The molecule has 0 bridgehead atoms. The van der Waals surface area contributed by atoms with Gasteiger partial charge in [0.1, 0.15) is 6.61 Å². The topological polar surface area (TPSA) is 62.6 Å². The first kappa shape index (κ1) is 18.1. The smallest absolute Gasteiger partial charge is 0.338 e. The summed E-state index contributed by atoms with van der Waals surface area (Å²) >= 11 is 6.24. The average molecular weight is 353 g/mol. The molecular formula is C17H21ClN2O4. The van der Waals surface area contributed by atoms with E-state index >= 15 is 0 Å². The highest BCUT2D eigenvalue weighted by Gasteiger charge is 2.17. The maximum absolute atomic E-state index is 12.3. The maximum Gasteiger partial charge on any atom is 0.338 e. The van der Waals surface area contributed by atoms with Crippen molar-refractivity contribution in [3.63, 3.8) is 0 Å². The van der Waals surface area contributed by atoms with Crippen LogP contribution in [0.1, 0.15) is 36.2 Å². The molecule has 0 aliphatic rings. The van der Waals surface area contributed by atoms with Crippen molar-refractivity contribution in [2.45, 2.75) is 26.9 Å². The second-order valence-corrected chi connectivity index (χ2v) is 5.57. The molecule has 1 aromatic heterocycles. The minimum Gasteiger partial charge on any atom is -0.490 e. The van der Waals surface area contributed by atoms with Gasteiger partial charge in [-0.25, -0.2) is 4.79 Å². The van der Waals surface area contributed by atoms with E-state index in [9.17, 15) is 4.79 Å². The Kier molecular flexibility index (Phi) is 6.49. The highest BCUT2D eigenvalue weighted by atomic mass is 35.5. The summed E-state index contributed by atoms with van der Waals surface area (Å²) in [6.45, 7) is 4.95. The Morgan fingerprint density at radius 2 is 2.08 bits per heavy atom. The minimum absolute atomic E-state index is 0.141. The van der Waals surface area contributed by atoms with E-state index in [2.05, 4.69) is 5.10 Å². The van der Waals surface area contributed by atoms with E-state index in [0.29, 0.717) is 35.3 Å². The van der Waals surface area contributed by atoms with Gasteiger partial charge in [0.15, 0.2) is 11.5 Å². The first-order valence-corrected chi connectivity index (χ1v) is 8.16. The zero-order valence-corrected chi connectivity index (χ0v) is 14.8. The number of aryl methyl sites for hydroxylation is 1. The number of nitrogens with zero attached hydrogens (tertiary/aromatic N) is 2. The summed E-state index contributed by atoms with van der Waals surface area (Å²) in [4.78, 5) is 12.3. The molecule has 0 aliphatic heterocycles. The highest BCUT2D eigenvalue weighted by Crippen LogP contribution is 2.37. The molecule has 2 aromatic rings. The minimum atomic E-state index is -0.483. The van der Waals surface area contributed by atoms with Crippen LogP contribution < -0.4 is 9.47 Å². The van der Waals surface area contributed by atoms with Gasteiger partial charge in [-0.15, -0.1) is 0 Å². The van der Waals surface area contributed by atoms with E-state index in [1.807, 2.05) is 13.8 Å². The van der Waals surface area contributed by atoms with Crippen LogP contribution in [0.5, 0.6) is 11.5 Å². The fourth-order valence-electron chi connectivity index (χ4n) is 2.07. The number of carbonyl (C=O) groups excluding carboxylic acids is 1. The molecule has 6 nitrogen and oxygen atoms in total. The van der Waals surface area contributed by atoms with Gasteiger partial charge in [0.05, 0.1) is 30.0 Å². The van der Waals surface area contributed by atoms with Gasteiger partial charge in [0.2, 0.25) is 0 Å². The van der Waals surface area contributed by atoms with Gasteiger partial charge in [0.25, 0.3) is 0 Å². The molecule has 0 radical (unpaired) electrons. The van der Waals surface area contributed by atoms with E-state index < -0.39 is 5.97 Å². The van der Waals surface area contributed by atoms with Crippen LogP contribution in [-0.4, -0.2) is 29.0 Å². The number of rotatable bonds is 8. The van der Waals surface area contributed by atoms with Crippen molar-refractivity contribution >= 4 is 17.6 Å². The lowest BCUT2D eigenvalue weighted by Crippen LogP contribution is -2.07. The highest BCUT2D eigenvalue weighted by molar-refractivity contribution is 6.32. The number of aromatic nitrogens is 2. The van der Waals surface area contributed by atoms with Gasteiger partial charge in [-0.3, -0.25) is 4.68 Å². The lowest BCUT2D eigenvalue weighted by atomic mass is 10.2. The van der Waals surface area contributed by atoms with Crippen molar-refractivity contribution in [2.75, 3.05) is 13.2 Å². The summed E-state index contributed by atoms with van der Waals surface area (Å²) in [5.74, 6) is 0.403. The Morgan fingerprint density at radius 1 is 1.29 bits per heavy atom. The van der Waals surface area contributed by atoms with Gasteiger partial charge < -0.3 is 14.2 Å². The predicted octanol–water partition coefficient (Wildman–Crippen LogP) is 3.62. The van der Waals surface area contributed by atoms with Crippen LogP contribution >= 0.6 is 11.6 Å². The summed E-state index contributed by atoms with van der Waals surface area (Å²) < 4.78 is 18.1. The third-order valence-corrected chi connectivity index (χ3v) is 3.40. The molecule has 2 rings (SSSR count). The summed E-state index contributed by atoms with van der Waals surface area (Å²) in [6, 6.07) is 3.12. The molecule has 0 N–H and O–H groups in total. The lowest BCUT2D eigenvalue weighted by Gasteiger charge is -2.14. The van der Waals surface area contributed by atoms with Crippen molar-refractivity contribution in [1.82, 2.24) is 9.78 Å². The molecule has 0 fully saturated rings. The van der Waals surface area contributed by atoms with Crippen molar-refractivity contribution in [2.24, 2.45) is 7.05 Å². The molecular weight excluding hydrogens is 332 g/mol. The van der Waals surface area contributed by atoms with Crippen LogP contribution in [0.15, 0.2) is 24.5 Å². The van der Waals surface area contributed by atoms with Gasteiger partial charge in [-0.2, -0.15) is 5.10 Å². The average Bonchev–Trinajstić information content (AvgIpc) is 2.97. The van der Waals surface area contributed by atoms with Crippen LogP contribution in [0.4, 0.5) is 0 Å². The summed E-state index contributed by atoms with van der Waals surface area (Å²) in [6.07, 6.45) is 4.28. The summed E-state index contributed by atoms with van der Waals surface area (Å²) in [7, 11) is 1.80. The standard InChI is InChI=1S/C17H21ClN2O4/c1-4-6-23-16-14(18)7-13(8-15(16)22-5-2)17(21)24-11-12-9-19-20(3)10-12/h7-10H,4-6,11H2,1-3H3. The fourth-order valence-corrected chi connectivity index (χ4v) is 2.34. The number of halogens is 1. The molecule has 24 heavy (non-hydrogen) atoms. The van der Waals surface area contributed by atoms with E-state index in [-0.39, 0.29) is 6.61 Å². The molecule has 0 amide bonds. The van der Waals surface area contributed by atoms with Crippen LogP contribution in [0.3, 0.4) is 0 Å². The van der Waals surface area contributed by atoms with E-state index in [0.717, 1.165) is 12.0 Å². The molecule has 0 saturated carbocycles. The second-order valence-electron chi connectivity index (χ2n) is 5.17. The Morgan fingerprint density at radius 3 is 2.71 bits per heavy atom. The number of esters is 1. The molecule has 0 atom stereocenters. The maximum atomic E-state index is 12.3. The quantitative estimate of drug-likeness (QED) is 0.679. The second kappa shape index (κ2) is 8.59. The zero-order chi connectivity index (χ0) is 17.5. The first-order chi connectivity index (χ1) is 11.5. The lowest BCUT2D eigenvalue weighted by molar-refractivity contribution is 0.0472. The Labute approximate surface area is 146 Å². The van der Waals surface area contributed by atoms with Crippen LogP contribution in [-0.2, 0) is 18.4 Å². The number of ether oxygens (including phenoxy) is 3. The van der Waals surface area contributed by atoms with Gasteiger partial charge in [0, 0.05) is 18.8 Å². The molecule has 130 valence electrons. The normalized spacial score (nSPS) is 10.5. The monoisotopic (exact) mass is 352 g/mol. The molecule has 0 aliphatic carbocycles. The molecule has 0 spiro atoms. The molecule has 1 heterocycles. The Hall–Kier alpha value is -2.21. The van der Waals surface area contributed by atoms with Crippen molar-refractivity contribution in [1.29, 1.82) is 0 Å². The first-order valence-electron chi connectivity index (χ1n) is 7.78. The van der Waals surface area contributed by atoms with Crippen LogP contribution in [0.2, 0.25) is 5.02 Å². The van der Waals surface area contributed by atoms with E-state index in [1.54, 1.807) is 30.2 Å². The Balaban J connectivity index is 2.14. The van der Waals surface area contributed by atoms with E-state index in [1.165, 1.54) is 6.07 Å². The van der Waals surface area contributed by atoms with Gasteiger partial charge >= 0.3 is 5.97 Å². The van der Waals surface area contributed by atoms with Crippen LogP contribution in [0.25, 0.3) is 0 Å². The van der Waals surface area contributed by atoms with Crippen molar-refractivity contribution in [3.05, 3.63) is 40.7 Å². The SMILES string of the molecule is CCCOc1c(Cl)cc(C(=O)OCc2cnn(C)c2)cc1OCC.